The highest BCUT2D eigenvalue weighted by Gasteiger charge is 2.68. The minimum atomic E-state index is -0.570. The second-order valence-electron chi connectivity index (χ2n) is 7.78. The van der Waals surface area contributed by atoms with Crippen LogP contribution in [0.15, 0.2) is 42.5 Å². The molecule has 5 rings (SSSR count). The highest BCUT2D eigenvalue weighted by molar-refractivity contribution is 6.30. The molecule has 5 nitrogen and oxygen atoms in total. The Morgan fingerprint density at radius 3 is 2.43 bits per heavy atom. The predicted octanol–water partition coefficient (Wildman–Crippen LogP) is 3.58. The van der Waals surface area contributed by atoms with Crippen molar-refractivity contribution in [3.8, 4) is 11.5 Å². The number of amides is 1. The third-order valence-corrected chi connectivity index (χ3v) is 5.71. The van der Waals surface area contributed by atoms with Crippen LogP contribution in [0.3, 0.4) is 0 Å². The molecule has 2 N–H and O–H groups in total. The lowest BCUT2D eigenvalue weighted by molar-refractivity contribution is -0.145. The lowest BCUT2D eigenvalue weighted by atomic mass is 9.44. The van der Waals surface area contributed by atoms with E-state index in [9.17, 15) is 9.18 Å². The Morgan fingerprint density at radius 1 is 1.07 bits per heavy atom. The number of rotatable bonds is 8. The first-order valence-electron chi connectivity index (χ1n) is 9.21. The summed E-state index contributed by atoms with van der Waals surface area (Å²) in [6, 6.07) is 12.0. The van der Waals surface area contributed by atoms with E-state index in [2.05, 4.69) is 10.6 Å². The van der Waals surface area contributed by atoms with Crippen molar-refractivity contribution in [2.45, 2.75) is 37.3 Å². The number of carbonyl (C=O) groups excluding carboxylic acids is 1. The first kappa shape index (κ1) is 19.0. The van der Waals surface area contributed by atoms with E-state index < -0.39 is 5.82 Å². The number of hydrogen-bond donors (Lipinski definition) is 2. The molecule has 0 unspecified atom stereocenters. The standard InChI is InChI=1S/C21H22ClFN2O3/c1-14-2-4-15(5-3-14)28-13-24-20-10-21(11-20,12-20)25-19(26)9-27-16-6-7-17(22)18(23)8-16/h2-8,24H,9-13H2,1H3,(H,25,26). The summed E-state index contributed by atoms with van der Waals surface area (Å²) in [5.74, 6) is 0.337. The van der Waals surface area contributed by atoms with Crippen molar-refractivity contribution in [3.05, 3.63) is 58.9 Å². The zero-order chi connectivity index (χ0) is 19.8. The van der Waals surface area contributed by atoms with Crippen molar-refractivity contribution in [2.75, 3.05) is 13.3 Å². The molecule has 28 heavy (non-hydrogen) atoms. The van der Waals surface area contributed by atoms with Crippen LogP contribution in [-0.2, 0) is 4.79 Å². The number of ether oxygens (including phenoxy) is 2. The molecule has 0 atom stereocenters. The van der Waals surface area contributed by atoms with E-state index in [-0.39, 0.29) is 34.4 Å². The van der Waals surface area contributed by atoms with E-state index in [0.29, 0.717) is 6.73 Å². The SMILES string of the molecule is Cc1ccc(OCNC23CC(NC(=O)COc4ccc(Cl)c(F)c4)(C2)C3)cc1. The monoisotopic (exact) mass is 404 g/mol. The molecule has 0 radical (unpaired) electrons. The summed E-state index contributed by atoms with van der Waals surface area (Å²) in [7, 11) is 0. The van der Waals surface area contributed by atoms with Crippen LogP contribution in [0.1, 0.15) is 24.8 Å². The lowest BCUT2D eigenvalue weighted by Crippen LogP contribution is -2.83. The summed E-state index contributed by atoms with van der Waals surface area (Å²) in [4.78, 5) is 12.1. The summed E-state index contributed by atoms with van der Waals surface area (Å²) in [6.07, 6.45) is 2.62. The molecule has 0 aromatic heterocycles. The average molecular weight is 405 g/mol. The maximum Gasteiger partial charge on any atom is 0.258 e. The maximum atomic E-state index is 13.4. The van der Waals surface area contributed by atoms with Gasteiger partial charge in [0.15, 0.2) is 6.61 Å². The summed E-state index contributed by atoms with van der Waals surface area (Å²) in [5, 5.41) is 6.49. The molecular weight excluding hydrogens is 383 g/mol. The van der Waals surface area contributed by atoms with Crippen LogP contribution in [0.4, 0.5) is 4.39 Å². The minimum Gasteiger partial charge on any atom is -0.484 e. The Morgan fingerprint density at radius 2 is 1.75 bits per heavy atom. The number of nitrogens with one attached hydrogen (secondary N) is 2. The number of benzene rings is 2. The first-order chi connectivity index (χ1) is 13.4. The first-order valence-corrected chi connectivity index (χ1v) is 9.58. The Kier molecular flexibility index (Phi) is 4.93. The van der Waals surface area contributed by atoms with Gasteiger partial charge in [0.05, 0.1) is 5.02 Å². The zero-order valence-electron chi connectivity index (χ0n) is 15.6. The molecular formula is C21H22ClFN2O3. The van der Waals surface area contributed by atoms with Gasteiger partial charge < -0.3 is 14.8 Å². The van der Waals surface area contributed by atoms with Gasteiger partial charge in [-0.05, 0) is 50.5 Å². The van der Waals surface area contributed by atoms with E-state index in [0.717, 1.165) is 25.0 Å². The average Bonchev–Trinajstić information content (AvgIpc) is 2.61. The number of carbonyl (C=O) groups is 1. The molecule has 7 heteroatoms. The van der Waals surface area contributed by atoms with Crippen molar-refractivity contribution >= 4 is 17.5 Å². The largest absolute Gasteiger partial charge is 0.484 e. The molecule has 0 saturated heterocycles. The fourth-order valence-corrected chi connectivity index (χ4v) is 4.18. The Labute approximate surface area is 168 Å². The molecule has 2 bridgehead atoms. The summed E-state index contributed by atoms with van der Waals surface area (Å²) < 4.78 is 24.4. The van der Waals surface area contributed by atoms with Crippen LogP contribution in [0, 0.1) is 12.7 Å². The Hall–Kier alpha value is -2.31. The van der Waals surface area contributed by atoms with Gasteiger partial charge >= 0.3 is 0 Å². The van der Waals surface area contributed by atoms with Crippen LogP contribution in [-0.4, -0.2) is 30.3 Å². The molecule has 1 amide bonds. The third kappa shape index (κ3) is 3.93. The van der Waals surface area contributed by atoms with Gasteiger partial charge in [-0.3, -0.25) is 10.1 Å². The van der Waals surface area contributed by atoms with Crippen molar-refractivity contribution < 1.29 is 18.7 Å². The van der Waals surface area contributed by atoms with Crippen molar-refractivity contribution in [3.63, 3.8) is 0 Å². The van der Waals surface area contributed by atoms with Crippen molar-refractivity contribution in [1.82, 2.24) is 10.6 Å². The molecule has 2 aromatic rings. The van der Waals surface area contributed by atoms with Crippen LogP contribution in [0.25, 0.3) is 0 Å². The quantitative estimate of drug-likeness (QED) is 0.660. The van der Waals surface area contributed by atoms with Gasteiger partial charge in [0, 0.05) is 17.1 Å². The summed E-state index contributed by atoms with van der Waals surface area (Å²) >= 11 is 5.63. The predicted molar refractivity (Wildman–Crippen MR) is 104 cm³/mol. The molecule has 148 valence electrons. The molecule has 0 heterocycles. The van der Waals surface area contributed by atoms with Gasteiger partial charge in [-0.1, -0.05) is 29.3 Å². The molecule has 3 fully saturated rings. The van der Waals surface area contributed by atoms with Crippen LogP contribution in [0.5, 0.6) is 11.5 Å². The minimum absolute atomic E-state index is 0.0230. The van der Waals surface area contributed by atoms with Crippen LogP contribution < -0.4 is 20.1 Å². The van der Waals surface area contributed by atoms with Gasteiger partial charge in [0.2, 0.25) is 0 Å². The van der Waals surface area contributed by atoms with Crippen molar-refractivity contribution in [1.29, 1.82) is 0 Å². The van der Waals surface area contributed by atoms with E-state index in [4.69, 9.17) is 21.1 Å². The van der Waals surface area contributed by atoms with Gasteiger partial charge in [0.25, 0.3) is 5.91 Å². The van der Waals surface area contributed by atoms with E-state index in [1.165, 1.54) is 23.8 Å². The topological polar surface area (TPSA) is 59.6 Å². The van der Waals surface area contributed by atoms with Crippen molar-refractivity contribution in [2.24, 2.45) is 0 Å². The fraction of sp³-hybridized carbons (Fsp3) is 0.381. The smallest absolute Gasteiger partial charge is 0.258 e. The normalized spacial score (nSPS) is 24.7. The maximum absolute atomic E-state index is 13.4. The molecule has 0 aliphatic heterocycles. The molecule has 3 aliphatic rings. The Bertz CT molecular complexity index is 868. The Balaban J connectivity index is 1.16. The number of halogens is 2. The van der Waals surface area contributed by atoms with Gasteiger partial charge in [0.1, 0.15) is 24.0 Å². The fourth-order valence-electron chi connectivity index (χ4n) is 4.06. The molecule has 3 aliphatic carbocycles. The summed E-state index contributed by atoms with van der Waals surface area (Å²) in [5.41, 5.74) is 1.10. The lowest BCUT2D eigenvalue weighted by Gasteiger charge is -2.70. The van der Waals surface area contributed by atoms with Crippen LogP contribution >= 0.6 is 11.6 Å². The molecule has 3 saturated carbocycles. The third-order valence-electron chi connectivity index (χ3n) is 5.40. The van der Waals surface area contributed by atoms with E-state index >= 15 is 0 Å². The van der Waals surface area contributed by atoms with E-state index in [1.807, 2.05) is 31.2 Å². The van der Waals surface area contributed by atoms with Gasteiger partial charge in [-0.15, -0.1) is 0 Å². The molecule has 2 aromatic carbocycles. The van der Waals surface area contributed by atoms with Gasteiger partial charge in [-0.25, -0.2) is 4.39 Å². The molecule has 0 spiro atoms. The highest BCUT2D eigenvalue weighted by Crippen LogP contribution is 2.60. The number of aryl methyl sites for hydroxylation is 1. The highest BCUT2D eigenvalue weighted by atomic mass is 35.5. The van der Waals surface area contributed by atoms with Gasteiger partial charge in [-0.2, -0.15) is 0 Å². The summed E-state index contributed by atoms with van der Waals surface area (Å²) in [6.45, 7) is 2.33. The van der Waals surface area contributed by atoms with Crippen LogP contribution in [0.2, 0.25) is 5.02 Å². The van der Waals surface area contributed by atoms with E-state index in [1.54, 1.807) is 0 Å². The second kappa shape index (κ2) is 7.26. The number of hydrogen-bond acceptors (Lipinski definition) is 4. The zero-order valence-corrected chi connectivity index (χ0v) is 16.3. The second-order valence-corrected chi connectivity index (χ2v) is 8.19.